The molecule has 0 aliphatic carbocycles. The van der Waals surface area contributed by atoms with E-state index in [-0.39, 0.29) is 21.1 Å². The van der Waals surface area contributed by atoms with Crippen LogP contribution in [0, 0.1) is 0 Å². The van der Waals surface area contributed by atoms with E-state index in [9.17, 15) is 39.6 Å². The van der Waals surface area contributed by atoms with Gasteiger partial charge in [-0.2, -0.15) is 0 Å². The average Bonchev–Trinajstić information content (AvgIpc) is 3.56. The number of carboxylic acid groups (broad SMARTS) is 4. The summed E-state index contributed by atoms with van der Waals surface area (Å²) in [6.07, 6.45) is 11.1. The third kappa shape index (κ3) is 13.4. The van der Waals surface area contributed by atoms with E-state index in [4.69, 9.17) is 0 Å². The Hall–Kier alpha value is -1.87. The van der Waals surface area contributed by atoms with Crippen molar-refractivity contribution < 1.29 is 77.4 Å². The van der Waals surface area contributed by atoms with Crippen LogP contribution in [0.25, 0.3) is 0 Å². The first kappa shape index (κ1) is 31.1. The van der Waals surface area contributed by atoms with Gasteiger partial charge in [-0.05, 0) is 24.3 Å². The molecule has 4 atom stereocenters. The van der Waals surface area contributed by atoms with E-state index in [0.29, 0.717) is 0 Å². The Balaban J connectivity index is 0.000000410. The zero-order chi connectivity index (χ0) is 23.9. The van der Waals surface area contributed by atoms with Crippen LogP contribution in [0.5, 0.6) is 0 Å². The minimum Gasteiger partial charge on any atom is -0.548 e. The summed E-state index contributed by atoms with van der Waals surface area (Å²) in [4.78, 5) is 39.8. The molecule has 12 nitrogen and oxygen atoms in total. The molecule has 0 fully saturated rings. The number of aliphatic carboxylic acids is 4. The van der Waals surface area contributed by atoms with Crippen molar-refractivity contribution in [3.63, 3.8) is 0 Å². The summed E-state index contributed by atoms with van der Waals surface area (Å²) in [5.74, 6) is -4.43. The number of rotatable bonds is 4. The minimum absolute atomic E-state index is 0. The molecule has 0 saturated carbocycles. The molecule has 0 bridgehead atoms. The Morgan fingerprint density at radius 1 is 0.485 bits per heavy atom. The maximum absolute atomic E-state index is 9.94. The van der Waals surface area contributed by atoms with Crippen molar-refractivity contribution >= 4 is 72.0 Å². The predicted molar refractivity (Wildman–Crippen MR) is 106 cm³/mol. The summed E-state index contributed by atoms with van der Waals surface area (Å²) in [5, 5.41) is 37.3. The zero-order valence-electron chi connectivity index (χ0n) is 15.9. The van der Waals surface area contributed by atoms with E-state index in [2.05, 4.69) is 16.7 Å². The van der Waals surface area contributed by atoms with Crippen LogP contribution in [0.3, 0.4) is 0 Å². The molecule has 0 saturated heterocycles. The van der Waals surface area contributed by atoms with Crippen molar-refractivity contribution in [2.75, 3.05) is 0 Å². The van der Waals surface area contributed by atoms with E-state index < -0.39 is 44.9 Å². The summed E-state index contributed by atoms with van der Waals surface area (Å²) in [7, 11) is 0. The second kappa shape index (κ2) is 17.6. The number of hydrogen-bond acceptors (Lipinski definition) is 16. The molecule has 0 aromatic carbocycles. The Morgan fingerprint density at radius 3 is 0.727 bits per heavy atom. The van der Waals surface area contributed by atoms with E-state index in [1.165, 1.54) is 49.4 Å². The van der Waals surface area contributed by atoms with Gasteiger partial charge in [0, 0.05) is 0 Å². The average molecular weight is 620 g/mol. The maximum Gasteiger partial charge on any atom is 4.00 e. The molecule has 4 aliphatic heterocycles. The van der Waals surface area contributed by atoms with Crippen LogP contribution in [-0.4, -0.2) is 44.9 Å². The van der Waals surface area contributed by atoms with E-state index >= 15 is 0 Å². The van der Waals surface area contributed by atoms with E-state index in [1.807, 2.05) is 0 Å². The predicted octanol–water partition coefficient (Wildman–Crippen LogP) is -2.81. The Kier molecular flexibility index (Phi) is 16.6. The zero-order valence-corrected chi connectivity index (χ0v) is 21.1. The van der Waals surface area contributed by atoms with Gasteiger partial charge in [0.15, 0.2) is 0 Å². The minimum atomic E-state index is -1.11. The summed E-state index contributed by atoms with van der Waals surface area (Å²) in [6, 6.07) is 0. The van der Waals surface area contributed by atoms with Crippen LogP contribution in [0.4, 0.5) is 0 Å². The van der Waals surface area contributed by atoms with Crippen LogP contribution >= 0.6 is 48.2 Å². The molecule has 0 aromatic heterocycles. The van der Waals surface area contributed by atoms with Gasteiger partial charge in [0.2, 0.25) is 0 Å². The van der Waals surface area contributed by atoms with Gasteiger partial charge in [0.05, 0.1) is 97.1 Å². The SMILES string of the molecule is O=C([O-])C1C=COS1.O=C([O-])C1C=COS1.O=C([O-])C1C=COS1.O=C([O-])C1C=COS1.[Mo+4]. The molecule has 178 valence electrons. The van der Waals surface area contributed by atoms with Gasteiger partial charge in [-0.15, -0.1) is 0 Å². The molecule has 4 heterocycles. The van der Waals surface area contributed by atoms with Crippen molar-refractivity contribution in [2.45, 2.75) is 21.0 Å². The van der Waals surface area contributed by atoms with Crippen molar-refractivity contribution in [2.24, 2.45) is 0 Å². The molecule has 0 N–H and O–H groups in total. The molecule has 0 aromatic rings. The largest absolute Gasteiger partial charge is 4.00 e. The van der Waals surface area contributed by atoms with Crippen LogP contribution in [0.1, 0.15) is 0 Å². The normalized spacial score (nSPS) is 24.5. The molecule has 17 heteroatoms. The molecule has 4 aliphatic rings. The molecular formula is C16H12MoO12S4. The van der Waals surface area contributed by atoms with E-state index in [1.54, 1.807) is 0 Å². The van der Waals surface area contributed by atoms with Gasteiger partial charge in [0.25, 0.3) is 0 Å². The van der Waals surface area contributed by atoms with Crippen LogP contribution in [-0.2, 0) is 57.0 Å². The Morgan fingerprint density at radius 2 is 0.667 bits per heavy atom. The van der Waals surface area contributed by atoms with Gasteiger partial charge in [-0.1, -0.05) is 0 Å². The summed E-state index contributed by atoms with van der Waals surface area (Å²) in [5.41, 5.74) is 0. The molecule has 4 rings (SSSR count). The topological polar surface area (TPSA) is 197 Å². The first-order chi connectivity index (χ1) is 15.2. The summed E-state index contributed by atoms with van der Waals surface area (Å²) in [6.45, 7) is 0. The molecule has 0 radical (unpaired) electrons. The number of carbonyl (C=O) groups excluding carboxylic acids is 4. The number of hydrogen-bond donors (Lipinski definition) is 0. The third-order valence-electron chi connectivity index (χ3n) is 2.80. The second-order valence-electron chi connectivity index (χ2n) is 5.04. The number of carboxylic acids is 4. The van der Waals surface area contributed by atoms with Crippen molar-refractivity contribution in [1.29, 1.82) is 0 Å². The van der Waals surface area contributed by atoms with Crippen LogP contribution in [0.15, 0.2) is 49.4 Å². The van der Waals surface area contributed by atoms with Gasteiger partial charge in [-0.25, -0.2) is 0 Å². The van der Waals surface area contributed by atoms with Crippen molar-refractivity contribution in [3.8, 4) is 0 Å². The van der Waals surface area contributed by atoms with E-state index in [0.717, 1.165) is 48.2 Å². The molecule has 33 heavy (non-hydrogen) atoms. The second-order valence-corrected chi connectivity index (χ2v) is 8.61. The Bertz CT molecular complexity index is 659. The third-order valence-corrected chi connectivity index (χ3v) is 5.92. The summed E-state index contributed by atoms with van der Waals surface area (Å²) < 4.78 is 18.1. The van der Waals surface area contributed by atoms with Crippen LogP contribution in [0.2, 0.25) is 0 Å². The monoisotopic (exact) mass is 622 g/mol. The van der Waals surface area contributed by atoms with Crippen molar-refractivity contribution in [1.82, 2.24) is 0 Å². The first-order valence-electron chi connectivity index (χ1n) is 8.01. The Labute approximate surface area is 218 Å². The maximum atomic E-state index is 9.94. The molecule has 4 unspecified atom stereocenters. The molecule has 0 amide bonds. The molecular weight excluding hydrogens is 608 g/mol. The van der Waals surface area contributed by atoms with Gasteiger partial charge >= 0.3 is 21.1 Å². The van der Waals surface area contributed by atoms with Crippen molar-refractivity contribution in [3.05, 3.63) is 49.4 Å². The molecule has 0 spiro atoms. The van der Waals surface area contributed by atoms with Gasteiger partial charge < -0.3 is 56.3 Å². The fourth-order valence-electron chi connectivity index (χ4n) is 1.38. The smallest absolute Gasteiger partial charge is 0.548 e. The summed E-state index contributed by atoms with van der Waals surface area (Å²) >= 11 is 3.51. The fraction of sp³-hybridized carbons (Fsp3) is 0.250. The number of carbonyl (C=O) groups is 4. The first-order valence-corrected chi connectivity index (χ1v) is 11.2. The van der Waals surface area contributed by atoms with Crippen LogP contribution < -0.4 is 20.4 Å². The standard InChI is InChI=1S/4C4H4O3S.Mo/c4*5-4(6)3-1-2-7-8-3;/h4*1-3H,(H,5,6);/q;;;;+4/p-4. The van der Waals surface area contributed by atoms with Gasteiger partial charge in [0.1, 0.15) is 21.0 Å². The quantitative estimate of drug-likeness (QED) is 0.230. The fourth-order valence-corrected chi connectivity index (χ4v) is 3.20. The van der Waals surface area contributed by atoms with Gasteiger partial charge in [-0.3, -0.25) is 0 Å².